The fourth-order valence-electron chi connectivity index (χ4n) is 3.08. The number of fused-ring (bicyclic) bond motifs is 3. The first-order valence-electron chi connectivity index (χ1n) is 7.83. The standard InChI is InChI=1S/C20H18GeNSe.Ir/c1-21(2,3)16-11-7-10-15-18-17(23-20(15)16)12-13-22-19(18)14-8-5-4-6-9-14;/h4-8,10-13H,1-3H3;/q-1;. The molecular formula is C20H18GeIrNSe-. The Balaban J connectivity index is 0.00000169. The van der Waals surface area contributed by atoms with Crippen LogP contribution in [0, 0.1) is 6.07 Å². The fourth-order valence-corrected chi connectivity index (χ4v) is 12.3. The number of hydrogen-bond acceptors (Lipinski definition) is 1. The molecule has 4 heteroatoms. The van der Waals surface area contributed by atoms with Crippen LogP contribution in [0.3, 0.4) is 0 Å². The molecule has 0 amide bonds. The Kier molecular flexibility index (Phi) is 5.20. The molecule has 2 aromatic carbocycles. The van der Waals surface area contributed by atoms with Crippen LogP contribution in [-0.2, 0) is 20.1 Å². The second kappa shape index (κ2) is 6.90. The summed E-state index contributed by atoms with van der Waals surface area (Å²) in [7, 11) is 0. The number of benzene rings is 2. The van der Waals surface area contributed by atoms with Crippen molar-refractivity contribution in [1.29, 1.82) is 0 Å². The third-order valence-electron chi connectivity index (χ3n) is 4.18. The Bertz CT molecular complexity index is 1000. The summed E-state index contributed by atoms with van der Waals surface area (Å²) in [6.45, 7) is 0. The van der Waals surface area contributed by atoms with Crippen molar-refractivity contribution in [2.24, 2.45) is 0 Å². The van der Waals surface area contributed by atoms with Gasteiger partial charge in [0.15, 0.2) is 0 Å². The first-order chi connectivity index (χ1) is 11.1. The molecule has 4 aromatic rings. The molecule has 4 rings (SSSR count). The molecule has 0 spiro atoms. The van der Waals surface area contributed by atoms with E-state index in [9.17, 15) is 0 Å². The summed E-state index contributed by atoms with van der Waals surface area (Å²) >= 11 is -1.47. The zero-order chi connectivity index (χ0) is 16.0. The maximum absolute atomic E-state index is 4.71. The van der Waals surface area contributed by atoms with Crippen LogP contribution in [0.2, 0.25) is 17.3 Å². The van der Waals surface area contributed by atoms with Crippen molar-refractivity contribution in [3.8, 4) is 11.3 Å². The Labute approximate surface area is 165 Å². The monoisotopic (exact) mass is 619 g/mol. The summed E-state index contributed by atoms with van der Waals surface area (Å²) in [6.07, 6.45) is 1.96. The molecule has 24 heavy (non-hydrogen) atoms. The first-order valence-corrected chi connectivity index (χ1v) is 16.9. The van der Waals surface area contributed by atoms with Gasteiger partial charge in [-0.2, -0.15) is 0 Å². The zero-order valence-corrected chi connectivity index (χ0v) is 20.1. The van der Waals surface area contributed by atoms with Crippen LogP contribution in [0.15, 0.2) is 54.7 Å². The molecule has 0 unspecified atom stereocenters. The average Bonchev–Trinajstić information content (AvgIpc) is 2.93. The quantitative estimate of drug-likeness (QED) is 0.240. The van der Waals surface area contributed by atoms with Gasteiger partial charge < -0.3 is 0 Å². The maximum atomic E-state index is 4.71. The predicted octanol–water partition coefficient (Wildman–Crippen LogP) is 4.45. The van der Waals surface area contributed by atoms with E-state index < -0.39 is 13.3 Å². The van der Waals surface area contributed by atoms with E-state index in [0.29, 0.717) is 14.5 Å². The summed E-state index contributed by atoms with van der Waals surface area (Å²) in [6, 6.07) is 20.6. The van der Waals surface area contributed by atoms with Gasteiger partial charge in [-0.3, -0.25) is 0 Å². The molecule has 1 radical (unpaired) electrons. The van der Waals surface area contributed by atoms with Crippen molar-refractivity contribution in [2.45, 2.75) is 17.3 Å². The molecule has 2 aromatic heterocycles. The topological polar surface area (TPSA) is 12.9 Å². The van der Waals surface area contributed by atoms with Gasteiger partial charge in [-0.05, 0) is 0 Å². The summed E-state index contributed by atoms with van der Waals surface area (Å²) in [5, 5.41) is 2.76. The van der Waals surface area contributed by atoms with Crippen molar-refractivity contribution in [2.75, 3.05) is 0 Å². The molecule has 0 bridgehead atoms. The number of nitrogens with zero attached hydrogens (tertiary/aromatic N) is 1. The number of rotatable bonds is 2. The van der Waals surface area contributed by atoms with Gasteiger partial charge >= 0.3 is 146 Å². The van der Waals surface area contributed by atoms with Gasteiger partial charge in [-0.1, -0.05) is 0 Å². The molecule has 0 atom stereocenters. The molecule has 123 valence electrons. The van der Waals surface area contributed by atoms with E-state index in [0.717, 1.165) is 11.3 Å². The third-order valence-corrected chi connectivity index (χ3v) is 11.8. The molecule has 0 aliphatic heterocycles. The van der Waals surface area contributed by atoms with Crippen LogP contribution in [-0.4, -0.2) is 32.8 Å². The van der Waals surface area contributed by atoms with E-state index in [-0.39, 0.29) is 20.1 Å². The SMILES string of the molecule is [CH3][Ge]([CH3])([CH3])[c]1cccc2c1[se]c1ccnc(-c3[c-]cccc3)c12.[Ir]. The smallest absolute Gasteiger partial charge is 0 e. The van der Waals surface area contributed by atoms with Crippen molar-refractivity contribution in [3.63, 3.8) is 0 Å². The van der Waals surface area contributed by atoms with Crippen molar-refractivity contribution in [1.82, 2.24) is 4.98 Å². The second-order valence-corrected chi connectivity index (χ2v) is 19.6. The Morgan fingerprint density at radius 1 is 1.00 bits per heavy atom. The van der Waals surface area contributed by atoms with Crippen LogP contribution in [0.1, 0.15) is 0 Å². The van der Waals surface area contributed by atoms with Crippen molar-refractivity contribution < 1.29 is 20.1 Å². The van der Waals surface area contributed by atoms with Crippen LogP contribution >= 0.6 is 0 Å². The summed E-state index contributed by atoms with van der Waals surface area (Å²) in [5.74, 6) is 7.45. The molecule has 2 heterocycles. The molecule has 0 aliphatic carbocycles. The average molecular weight is 616 g/mol. The van der Waals surface area contributed by atoms with Crippen molar-refractivity contribution in [3.05, 3.63) is 60.8 Å². The first kappa shape index (κ1) is 18.1. The van der Waals surface area contributed by atoms with Gasteiger partial charge in [0.1, 0.15) is 0 Å². The minimum absolute atomic E-state index is 0. The van der Waals surface area contributed by atoms with Crippen LogP contribution < -0.4 is 4.40 Å². The molecule has 0 N–H and O–H groups in total. The summed E-state index contributed by atoms with van der Waals surface area (Å²) in [5.41, 5.74) is 2.18. The van der Waals surface area contributed by atoms with Gasteiger partial charge in [-0.25, -0.2) is 0 Å². The normalized spacial score (nSPS) is 11.6. The summed E-state index contributed by atoms with van der Waals surface area (Å²) < 4.78 is 4.73. The van der Waals surface area contributed by atoms with Gasteiger partial charge in [0, 0.05) is 20.1 Å². The third kappa shape index (κ3) is 3.09. The Morgan fingerprint density at radius 2 is 1.83 bits per heavy atom. The van der Waals surface area contributed by atoms with Crippen LogP contribution in [0.4, 0.5) is 0 Å². The Hall–Kier alpha value is -0.698. The predicted molar refractivity (Wildman–Crippen MR) is 103 cm³/mol. The summed E-state index contributed by atoms with van der Waals surface area (Å²) in [4.78, 5) is 4.71. The van der Waals surface area contributed by atoms with E-state index in [1.54, 1.807) is 8.66 Å². The van der Waals surface area contributed by atoms with Gasteiger partial charge in [0.2, 0.25) is 0 Å². The zero-order valence-electron chi connectivity index (χ0n) is 13.9. The largest absolute Gasteiger partial charge is 0 e. The number of aromatic nitrogens is 1. The molecular weight excluding hydrogens is 598 g/mol. The minimum atomic E-state index is -1.87. The van der Waals surface area contributed by atoms with E-state index in [1.807, 2.05) is 18.3 Å². The molecule has 0 saturated carbocycles. The minimum Gasteiger partial charge on any atom is 0 e. The molecule has 0 aliphatic rings. The number of hydrogen-bond donors (Lipinski definition) is 0. The molecule has 0 fully saturated rings. The van der Waals surface area contributed by atoms with Gasteiger partial charge in [0.05, 0.1) is 0 Å². The maximum Gasteiger partial charge on any atom is 0 e. The van der Waals surface area contributed by atoms with Crippen molar-refractivity contribution >= 4 is 51.5 Å². The van der Waals surface area contributed by atoms with E-state index in [2.05, 4.69) is 59.7 Å². The van der Waals surface area contributed by atoms with E-state index in [1.165, 1.54) is 15.0 Å². The Morgan fingerprint density at radius 3 is 2.54 bits per heavy atom. The van der Waals surface area contributed by atoms with Gasteiger partial charge in [0.25, 0.3) is 0 Å². The van der Waals surface area contributed by atoms with Crippen LogP contribution in [0.25, 0.3) is 30.6 Å². The second-order valence-electron chi connectivity index (χ2n) is 6.84. The van der Waals surface area contributed by atoms with E-state index in [4.69, 9.17) is 4.98 Å². The van der Waals surface area contributed by atoms with Gasteiger partial charge in [-0.15, -0.1) is 0 Å². The fraction of sp³-hybridized carbons (Fsp3) is 0.150. The molecule has 1 nitrogen and oxygen atoms in total. The molecule has 0 saturated heterocycles. The van der Waals surface area contributed by atoms with Crippen LogP contribution in [0.5, 0.6) is 0 Å². The number of pyridine rings is 1. The van der Waals surface area contributed by atoms with E-state index >= 15 is 0 Å².